The minimum Gasteiger partial charge on any atom is -0.465 e. The molecule has 5 heteroatoms. The number of carbonyl (C=O) groups excluding carboxylic acids is 2. The fourth-order valence-electron chi connectivity index (χ4n) is 2.62. The predicted octanol–water partition coefficient (Wildman–Crippen LogP) is 3.69. The van der Waals surface area contributed by atoms with Gasteiger partial charge in [0.15, 0.2) is 0 Å². The van der Waals surface area contributed by atoms with E-state index in [9.17, 15) is 9.59 Å². The fourth-order valence-corrected chi connectivity index (χ4v) is 2.88. The van der Waals surface area contributed by atoms with E-state index in [2.05, 4.69) is 21.2 Å². The molecule has 0 saturated heterocycles. The van der Waals surface area contributed by atoms with Crippen molar-refractivity contribution in [2.45, 2.75) is 38.5 Å². The van der Waals surface area contributed by atoms with Gasteiger partial charge in [-0.25, -0.2) is 0 Å². The van der Waals surface area contributed by atoms with Gasteiger partial charge in [0.05, 0.1) is 13.0 Å². The zero-order valence-corrected chi connectivity index (χ0v) is 14.2. The number of halogens is 1. The van der Waals surface area contributed by atoms with Crippen LogP contribution in [0.25, 0.3) is 0 Å². The number of carbonyl (C=O) groups is 2. The third-order valence-corrected chi connectivity index (χ3v) is 4.45. The van der Waals surface area contributed by atoms with Crippen LogP contribution in [0.2, 0.25) is 0 Å². The predicted molar refractivity (Wildman–Crippen MR) is 88.6 cm³/mol. The van der Waals surface area contributed by atoms with Crippen LogP contribution >= 0.6 is 15.9 Å². The van der Waals surface area contributed by atoms with Crippen molar-refractivity contribution >= 4 is 27.8 Å². The molecule has 120 valence electrons. The lowest BCUT2D eigenvalue weighted by molar-refractivity contribution is -0.145. The van der Waals surface area contributed by atoms with E-state index in [0.29, 0.717) is 24.6 Å². The highest BCUT2D eigenvalue weighted by atomic mass is 79.9. The molecule has 4 nitrogen and oxygen atoms in total. The van der Waals surface area contributed by atoms with Gasteiger partial charge in [-0.05, 0) is 43.0 Å². The Kier molecular flexibility index (Phi) is 6.90. The SMILES string of the molecule is O=C(CCNC(=O)c1ccc(Br)cc1)OCC1CCCCC1. The van der Waals surface area contributed by atoms with E-state index in [1.807, 2.05) is 12.1 Å². The summed E-state index contributed by atoms with van der Waals surface area (Å²) < 4.78 is 6.21. The van der Waals surface area contributed by atoms with Crippen molar-refractivity contribution in [3.05, 3.63) is 34.3 Å². The maximum absolute atomic E-state index is 11.9. The zero-order valence-electron chi connectivity index (χ0n) is 12.6. The van der Waals surface area contributed by atoms with Crippen molar-refractivity contribution in [3.63, 3.8) is 0 Å². The Morgan fingerprint density at radius 3 is 2.50 bits per heavy atom. The first-order chi connectivity index (χ1) is 10.6. The summed E-state index contributed by atoms with van der Waals surface area (Å²) in [6, 6.07) is 7.10. The maximum atomic E-state index is 11.9. The van der Waals surface area contributed by atoms with Crippen LogP contribution in [0.5, 0.6) is 0 Å². The van der Waals surface area contributed by atoms with Gasteiger partial charge in [-0.1, -0.05) is 35.2 Å². The van der Waals surface area contributed by atoms with Crippen LogP contribution in [-0.4, -0.2) is 25.0 Å². The topological polar surface area (TPSA) is 55.4 Å². The molecular formula is C17H22BrNO3. The number of amides is 1. The monoisotopic (exact) mass is 367 g/mol. The molecule has 1 aromatic rings. The van der Waals surface area contributed by atoms with Gasteiger partial charge in [0.25, 0.3) is 5.91 Å². The molecule has 0 unspecified atom stereocenters. The van der Waals surface area contributed by atoms with E-state index < -0.39 is 0 Å². The second-order valence-electron chi connectivity index (χ2n) is 5.70. The van der Waals surface area contributed by atoms with Gasteiger partial charge in [-0.3, -0.25) is 9.59 Å². The molecule has 1 saturated carbocycles. The Bertz CT molecular complexity index is 495. The summed E-state index contributed by atoms with van der Waals surface area (Å²) in [6.07, 6.45) is 6.32. The number of hydrogen-bond acceptors (Lipinski definition) is 3. The average Bonchev–Trinajstić information content (AvgIpc) is 2.54. The molecule has 2 rings (SSSR count). The molecule has 0 spiro atoms. The number of hydrogen-bond donors (Lipinski definition) is 1. The first kappa shape index (κ1) is 17.0. The molecule has 0 radical (unpaired) electrons. The number of esters is 1. The highest BCUT2D eigenvalue weighted by Crippen LogP contribution is 2.23. The molecule has 1 aliphatic rings. The van der Waals surface area contributed by atoms with Crippen molar-refractivity contribution in [3.8, 4) is 0 Å². The highest BCUT2D eigenvalue weighted by molar-refractivity contribution is 9.10. The third-order valence-electron chi connectivity index (χ3n) is 3.93. The van der Waals surface area contributed by atoms with E-state index in [-0.39, 0.29) is 18.3 Å². The van der Waals surface area contributed by atoms with E-state index in [1.165, 1.54) is 19.3 Å². The second kappa shape index (κ2) is 8.93. The van der Waals surface area contributed by atoms with Crippen molar-refractivity contribution < 1.29 is 14.3 Å². The maximum Gasteiger partial charge on any atom is 0.307 e. The van der Waals surface area contributed by atoms with Gasteiger partial charge in [0.2, 0.25) is 0 Å². The van der Waals surface area contributed by atoms with Crippen LogP contribution in [0.1, 0.15) is 48.9 Å². The summed E-state index contributed by atoms with van der Waals surface area (Å²) in [6.45, 7) is 0.831. The smallest absolute Gasteiger partial charge is 0.307 e. The molecule has 0 aliphatic heterocycles. The zero-order chi connectivity index (χ0) is 15.8. The van der Waals surface area contributed by atoms with Gasteiger partial charge in [0.1, 0.15) is 0 Å². The summed E-state index contributed by atoms with van der Waals surface area (Å²) in [5, 5.41) is 2.73. The molecule has 22 heavy (non-hydrogen) atoms. The van der Waals surface area contributed by atoms with E-state index in [1.54, 1.807) is 12.1 Å². The summed E-state index contributed by atoms with van der Waals surface area (Å²) in [4.78, 5) is 23.5. The fraction of sp³-hybridized carbons (Fsp3) is 0.529. The van der Waals surface area contributed by atoms with E-state index in [0.717, 1.165) is 17.3 Å². The lowest BCUT2D eigenvalue weighted by Gasteiger charge is -2.21. The van der Waals surface area contributed by atoms with Crippen LogP contribution in [-0.2, 0) is 9.53 Å². The van der Waals surface area contributed by atoms with Crippen LogP contribution in [0.15, 0.2) is 28.7 Å². The minimum absolute atomic E-state index is 0.174. The Labute approximate surface area is 139 Å². The summed E-state index contributed by atoms with van der Waals surface area (Å²) in [5.74, 6) is 0.115. The van der Waals surface area contributed by atoms with Crippen LogP contribution < -0.4 is 5.32 Å². The third kappa shape index (κ3) is 5.79. The van der Waals surface area contributed by atoms with Gasteiger partial charge < -0.3 is 10.1 Å². The van der Waals surface area contributed by atoms with Crippen molar-refractivity contribution in [1.29, 1.82) is 0 Å². The summed E-state index contributed by atoms with van der Waals surface area (Å²) >= 11 is 3.32. The second-order valence-corrected chi connectivity index (χ2v) is 6.62. The number of ether oxygens (including phenoxy) is 1. The Balaban J connectivity index is 1.61. The Morgan fingerprint density at radius 1 is 1.14 bits per heavy atom. The number of rotatable bonds is 6. The standard InChI is InChI=1S/C17H22BrNO3/c18-15-8-6-14(7-9-15)17(21)19-11-10-16(20)22-12-13-4-2-1-3-5-13/h6-9,13H,1-5,10-12H2,(H,19,21). The first-order valence-electron chi connectivity index (χ1n) is 7.84. The van der Waals surface area contributed by atoms with Gasteiger partial charge in [-0.2, -0.15) is 0 Å². The van der Waals surface area contributed by atoms with Crippen LogP contribution in [0, 0.1) is 5.92 Å². The quantitative estimate of drug-likeness (QED) is 0.780. The number of benzene rings is 1. The average molecular weight is 368 g/mol. The molecule has 1 N–H and O–H groups in total. The van der Waals surface area contributed by atoms with Gasteiger partial charge in [0, 0.05) is 16.6 Å². The molecule has 1 aliphatic carbocycles. The molecule has 1 fully saturated rings. The Hall–Kier alpha value is -1.36. The highest BCUT2D eigenvalue weighted by Gasteiger charge is 2.15. The van der Waals surface area contributed by atoms with Crippen LogP contribution in [0.4, 0.5) is 0 Å². The summed E-state index contributed by atoms with van der Waals surface area (Å²) in [5.41, 5.74) is 0.582. The van der Waals surface area contributed by atoms with E-state index in [4.69, 9.17) is 4.74 Å². The van der Waals surface area contributed by atoms with E-state index >= 15 is 0 Å². The molecule has 0 heterocycles. The first-order valence-corrected chi connectivity index (χ1v) is 8.64. The van der Waals surface area contributed by atoms with Gasteiger partial charge in [-0.15, -0.1) is 0 Å². The Morgan fingerprint density at radius 2 is 1.82 bits per heavy atom. The van der Waals surface area contributed by atoms with Crippen LogP contribution in [0.3, 0.4) is 0 Å². The molecule has 1 amide bonds. The molecular weight excluding hydrogens is 346 g/mol. The molecule has 1 aromatic carbocycles. The normalized spacial score (nSPS) is 15.3. The lowest BCUT2D eigenvalue weighted by atomic mass is 9.90. The van der Waals surface area contributed by atoms with Gasteiger partial charge >= 0.3 is 5.97 Å². The molecule has 0 bridgehead atoms. The van der Waals surface area contributed by atoms with Crippen molar-refractivity contribution in [1.82, 2.24) is 5.32 Å². The number of nitrogens with one attached hydrogen (secondary N) is 1. The lowest BCUT2D eigenvalue weighted by Crippen LogP contribution is -2.27. The van der Waals surface area contributed by atoms with Crippen molar-refractivity contribution in [2.75, 3.05) is 13.2 Å². The molecule has 0 aromatic heterocycles. The van der Waals surface area contributed by atoms with Crippen molar-refractivity contribution in [2.24, 2.45) is 5.92 Å². The summed E-state index contributed by atoms with van der Waals surface area (Å²) in [7, 11) is 0. The minimum atomic E-state index is -0.235. The molecule has 0 atom stereocenters. The largest absolute Gasteiger partial charge is 0.465 e.